The van der Waals surface area contributed by atoms with Crippen molar-refractivity contribution in [2.75, 3.05) is 13.1 Å². The molecule has 1 saturated heterocycles. The largest absolute Gasteiger partial charge is 0.249 e. The first-order chi connectivity index (χ1) is 6.90. The maximum absolute atomic E-state index is 4.33. The van der Waals surface area contributed by atoms with Crippen molar-refractivity contribution >= 4 is 0 Å². The fourth-order valence-electron chi connectivity index (χ4n) is 1.86. The summed E-state index contributed by atoms with van der Waals surface area (Å²) in [6.45, 7) is 4.12. The molecule has 0 aliphatic carbocycles. The van der Waals surface area contributed by atoms with Crippen LogP contribution >= 0.6 is 0 Å². The predicted octanol–water partition coefficient (Wildman–Crippen LogP) is 1.17. The second-order valence-corrected chi connectivity index (χ2v) is 3.84. The number of aromatic nitrogens is 3. The van der Waals surface area contributed by atoms with E-state index >= 15 is 0 Å². The zero-order valence-electron chi connectivity index (χ0n) is 8.69. The lowest BCUT2D eigenvalue weighted by Crippen LogP contribution is -2.25. The Labute approximate surface area is 84.7 Å². The highest BCUT2D eigenvalue weighted by Crippen LogP contribution is 2.17. The van der Waals surface area contributed by atoms with Crippen LogP contribution in [0.25, 0.3) is 0 Å². The Morgan fingerprint density at radius 1 is 1.43 bits per heavy atom. The molecule has 0 N–H and O–H groups in total. The van der Waals surface area contributed by atoms with Crippen LogP contribution in [0.15, 0.2) is 6.20 Å². The van der Waals surface area contributed by atoms with Crippen LogP contribution in [0.3, 0.4) is 0 Å². The topological polar surface area (TPSA) is 44.8 Å². The van der Waals surface area contributed by atoms with Crippen LogP contribution < -0.4 is 5.32 Å². The number of aryl methyl sites for hydroxylation is 1. The minimum Gasteiger partial charge on any atom is -0.249 e. The smallest absolute Gasteiger partial charge is 0.0827 e. The van der Waals surface area contributed by atoms with Gasteiger partial charge in [-0.15, -0.1) is 5.10 Å². The van der Waals surface area contributed by atoms with Crippen molar-refractivity contribution in [1.82, 2.24) is 20.3 Å². The van der Waals surface area contributed by atoms with Crippen LogP contribution in [0, 0.1) is 0 Å². The van der Waals surface area contributed by atoms with Crippen LogP contribution in [-0.2, 0) is 6.42 Å². The molecule has 0 aromatic carbocycles. The first-order valence-corrected chi connectivity index (χ1v) is 5.44. The van der Waals surface area contributed by atoms with Gasteiger partial charge in [0.25, 0.3) is 0 Å². The van der Waals surface area contributed by atoms with Crippen molar-refractivity contribution in [2.24, 2.45) is 0 Å². The van der Waals surface area contributed by atoms with Crippen LogP contribution in [0.1, 0.15) is 37.9 Å². The van der Waals surface area contributed by atoms with E-state index in [0.29, 0.717) is 6.04 Å². The molecule has 1 fully saturated rings. The number of rotatable bonds is 3. The quantitative estimate of drug-likeness (QED) is 0.723. The molecular weight excluding hydrogens is 176 g/mol. The molecule has 4 heteroatoms. The van der Waals surface area contributed by atoms with Gasteiger partial charge in [0.1, 0.15) is 0 Å². The molecule has 2 heterocycles. The normalized spacial score (nSPS) is 18.6. The van der Waals surface area contributed by atoms with Crippen LogP contribution in [-0.4, -0.2) is 28.1 Å². The maximum Gasteiger partial charge on any atom is 0.0827 e. The Kier molecular flexibility index (Phi) is 3.14. The van der Waals surface area contributed by atoms with E-state index in [0.717, 1.165) is 44.5 Å². The highest BCUT2D eigenvalue weighted by Gasteiger charge is 2.16. The summed E-state index contributed by atoms with van der Waals surface area (Å²) in [7, 11) is 0. The summed E-state index contributed by atoms with van der Waals surface area (Å²) < 4.78 is 2.03. The summed E-state index contributed by atoms with van der Waals surface area (Å²) in [5.74, 6) is 0. The van der Waals surface area contributed by atoms with Gasteiger partial charge in [0, 0.05) is 19.3 Å². The monoisotopic (exact) mass is 193 g/mol. The van der Waals surface area contributed by atoms with Crippen molar-refractivity contribution in [1.29, 1.82) is 0 Å². The van der Waals surface area contributed by atoms with Gasteiger partial charge in [0.05, 0.1) is 11.7 Å². The SMILES string of the molecule is CCCc1cn(C2CC[N]CC2)nn1. The molecule has 0 atom stereocenters. The third-order valence-electron chi connectivity index (χ3n) is 2.68. The lowest BCUT2D eigenvalue weighted by molar-refractivity contribution is 0.334. The minimum atomic E-state index is 0.533. The Morgan fingerprint density at radius 2 is 2.21 bits per heavy atom. The Balaban J connectivity index is 2.00. The molecular formula is C10H17N4. The molecule has 0 saturated carbocycles. The van der Waals surface area contributed by atoms with Crippen molar-refractivity contribution in [3.05, 3.63) is 11.9 Å². The van der Waals surface area contributed by atoms with E-state index in [2.05, 4.69) is 28.7 Å². The first kappa shape index (κ1) is 9.65. The van der Waals surface area contributed by atoms with Crippen LogP contribution in [0.4, 0.5) is 0 Å². The van der Waals surface area contributed by atoms with Crippen molar-refractivity contribution in [3.63, 3.8) is 0 Å². The zero-order chi connectivity index (χ0) is 9.80. The lowest BCUT2D eigenvalue weighted by atomic mass is 10.1. The molecule has 0 unspecified atom stereocenters. The summed E-state index contributed by atoms with van der Waals surface area (Å²) in [6.07, 6.45) is 6.51. The number of piperidine rings is 1. The molecule has 2 rings (SSSR count). The predicted molar refractivity (Wildman–Crippen MR) is 54.2 cm³/mol. The van der Waals surface area contributed by atoms with Gasteiger partial charge in [-0.05, 0) is 19.3 Å². The third-order valence-corrected chi connectivity index (χ3v) is 2.68. The average Bonchev–Trinajstić information content (AvgIpc) is 2.68. The van der Waals surface area contributed by atoms with Gasteiger partial charge in [-0.2, -0.15) is 0 Å². The fraction of sp³-hybridized carbons (Fsp3) is 0.800. The first-order valence-electron chi connectivity index (χ1n) is 5.44. The molecule has 0 spiro atoms. The van der Waals surface area contributed by atoms with Crippen molar-refractivity contribution in [3.8, 4) is 0 Å². The number of hydrogen-bond donors (Lipinski definition) is 0. The molecule has 0 bridgehead atoms. The van der Waals surface area contributed by atoms with E-state index in [1.807, 2.05) is 4.68 Å². The molecule has 14 heavy (non-hydrogen) atoms. The van der Waals surface area contributed by atoms with Gasteiger partial charge in [-0.3, -0.25) is 0 Å². The van der Waals surface area contributed by atoms with E-state index in [1.165, 1.54) is 0 Å². The standard InChI is InChI=1S/C10H17N4/c1-2-3-9-8-14(13-12-9)10-4-6-11-7-5-10/h8,10H,2-7H2,1H3. The molecule has 77 valence electrons. The Hall–Kier alpha value is -0.900. The summed E-state index contributed by atoms with van der Waals surface area (Å²) >= 11 is 0. The fourth-order valence-corrected chi connectivity index (χ4v) is 1.86. The van der Waals surface area contributed by atoms with Gasteiger partial charge in [-0.1, -0.05) is 18.6 Å². The summed E-state index contributed by atoms with van der Waals surface area (Å²) in [5, 5.41) is 12.7. The molecule has 1 aliphatic rings. The van der Waals surface area contributed by atoms with Crippen molar-refractivity contribution < 1.29 is 0 Å². The zero-order valence-corrected chi connectivity index (χ0v) is 8.69. The van der Waals surface area contributed by atoms with E-state index in [-0.39, 0.29) is 0 Å². The molecule has 1 aromatic heterocycles. The number of hydrogen-bond acceptors (Lipinski definition) is 2. The summed E-state index contributed by atoms with van der Waals surface area (Å²) in [4.78, 5) is 0. The molecule has 1 aromatic rings. The Morgan fingerprint density at radius 3 is 2.93 bits per heavy atom. The average molecular weight is 193 g/mol. The maximum atomic E-state index is 4.33. The van der Waals surface area contributed by atoms with E-state index < -0.39 is 0 Å². The second-order valence-electron chi connectivity index (χ2n) is 3.84. The molecule has 4 nitrogen and oxygen atoms in total. The summed E-state index contributed by atoms with van der Waals surface area (Å²) in [5.41, 5.74) is 1.12. The Bertz CT molecular complexity index is 275. The lowest BCUT2D eigenvalue weighted by Gasteiger charge is -2.20. The van der Waals surface area contributed by atoms with Gasteiger partial charge in [0.15, 0.2) is 0 Å². The second kappa shape index (κ2) is 4.55. The van der Waals surface area contributed by atoms with Crippen LogP contribution in [0.5, 0.6) is 0 Å². The highest BCUT2D eigenvalue weighted by molar-refractivity contribution is 4.93. The van der Waals surface area contributed by atoms with Crippen LogP contribution in [0.2, 0.25) is 0 Å². The highest BCUT2D eigenvalue weighted by atomic mass is 15.4. The minimum absolute atomic E-state index is 0.533. The van der Waals surface area contributed by atoms with E-state index in [4.69, 9.17) is 0 Å². The van der Waals surface area contributed by atoms with E-state index in [1.54, 1.807) is 0 Å². The molecule has 1 aliphatic heterocycles. The number of nitrogens with zero attached hydrogens (tertiary/aromatic N) is 4. The van der Waals surface area contributed by atoms with Crippen molar-refractivity contribution in [2.45, 2.75) is 38.6 Å². The molecule has 0 amide bonds. The van der Waals surface area contributed by atoms with Gasteiger partial charge in [-0.25, -0.2) is 10.00 Å². The van der Waals surface area contributed by atoms with Gasteiger partial charge in [0.2, 0.25) is 0 Å². The molecule has 1 radical (unpaired) electrons. The third kappa shape index (κ3) is 2.12. The van der Waals surface area contributed by atoms with Gasteiger partial charge >= 0.3 is 0 Å². The van der Waals surface area contributed by atoms with Gasteiger partial charge < -0.3 is 0 Å². The summed E-state index contributed by atoms with van der Waals surface area (Å²) in [6, 6.07) is 0.533. The van der Waals surface area contributed by atoms with E-state index in [9.17, 15) is 0 Å².